The molecule has 2 amide bonds. The van der Waals surface area contributed by atoms with Gasteiger partial charge < -0.3 is 30.3 Å². The van der Waals surface area contributed by atoms with E-state index in [9.17, 15) is 24.6 Å². The number of aliphatic hydroxyl groups is 1. The van der Waals surface area contributed by atoms with Crippen LogP contribution in [0.2, 0.25) is 0 Å². The largest absolute Gasteiger partial charge is 0.479 e. The predicted molar refractivity (Wildman–Crippen MR) is 129 cm³/mol. The first kappa shape index (κ1) is 26.2. The van der Waals surface area contributed by atoms with E-state index in [0.29, 0.717) is 0 Å². The number of rotatable bonds is 9. The van der Waals surface area contributed by atoms with Crippen molar-refractivity contribution >= 4 is 18.0 Å². The fourth-order valence-electron chi connectivity index (χ4n) is 3.82. The average Bonchev–Trinajstić information content (AvgIpc) is 3.13. The molecule has 2 atom stereocenters. The summed E-state index contributed by atoms with van der Waals surface area (Å²) in [5.74, 6) is -2.39. The van der Waals surface area contributed by atoms with Crippen LogP contribution < -0.4 is 10.6 Å². The van der Waals surface area contributed by atoms with Crippen molar-refractivity contribution in [3.05, 3.63) is 59.7 Å². The van der Waals surface area contributed by atoms with Crippen LogP contribution in [0.15, 0.2) is 48.5 Å². The summed E-state index contributed by atoms with van der Waals surface area (Å²) in [6, 6.07) is 14.6. The lowest BCUT2D eigenvalue weighted by molar-refractivity contribution is -0.149. The third-order valence-electron chi connectivity index (χ3n) is 5.82. The summed E-state index contributed by atoms with van der Waals surface area (Å²) in [6.45, 7) is 5.52. The van der Waals surface area contributed by atoms with Crippen LogP contribution in [0.4, 0.5) is 4.79 Å². The van der Waals surface area contributed by atoms with Gasteiger partial charge in [-0.05, 0) is 49.9 Å². The second-order valence-corrected chi connectivity index (χ2v) is 9.73. The third-order valence-corrected chi connectivity index (χ3v) is 5.82. The molecule has 1 unspecified atom stereocenters. The maximum atomic E-state index is 12.8. The van der Waals surface area contributed by atoms with E-state index in [1.807, 2.05) is 48.5 Å². The van der Waals surface area contributed by atoms with Crippen molar-refractivity contribution in [2.45, 2.75) is 50.8 Å². The van der Waals surface area contributed by atoms with Gasteiger partial charge in [-0.15, -0.1) is 0 Å². The molecule has 9 heteroatoms. The lowest BCUT2D eigenvalue weighted by Crippen LogP contribution is -2.60. The molecule has 35 heavy (non-hydrogen) atoms. The highest BCUT2D eigenvalue weighted by Gasteiger charge is 2.37. The van der Waals surface area contributed by atoms with E-state index in [-0.39, 0.29) is 19.1 Å². The molecule has 9 nitrogen and oxygen atoms in total. The van der Waals surface area contributed by atoms with Crippen molar-refractivity contribution < 1.29 is 34.1 Å². The van der Waals surface area contributed by atoms with Crippen LogP contribution >= 0.6 is 0 Å². The average molecular weight is 485 g/mol. The number of aliphatic hydroxyl groups excluding tert-OH is 1. The van der Waals surface area contributed by atoms with Crippen LogP contribution in [-0.4, -0.2) is 65.2 Å². The van der Waals surface area contributed by atoms with Crippen molar-refractivity contribution in [3.63, 3.8) is 0 Å². The summed E-state index contributed by atoms with van der Waals surface area (Å²) in [5, 5.41) is 23.5. The highest BCUT2D eigenvalue weighted by molar-refractivity contribution is 5.91. The Balaban J connectivity index is 1.71. The number of carbonyl (C=O) groups excluding carboxylic acids is 2. The number of aliphatic carboxylic acids is 1. The Kier molecular flexibility index (Phi) is 7.82. The van der Waals surface area contributed by atoms with Gasteiger partial charge in [0.2, 0.25) is 5.91 Å². The molecule has 0 bridgehead atoms. The summed E-state index contributed by atoms with van der Waals surface area (Å²) in [6.07, 6.45) is -0.842. The van der Waals surface area contributed by atoms with Crippen LogP contribution in [0.3, 0.4) is 0 Å². The number of benzene rings is 2. The van der Waals surface area contributed by atoms with Gasteiger partial charge in [-0.3, -0.25) is 4.79 Å². The molecule has 3 rings (SSSR count). The molecule has 0 saturated heterocycles. The summed E-state index contributed by atoms with van der Waals surface area (Å²) >= 11 is 0. The quantitative estimate of drug-likeness (QED) is 0.430. The number of hydrogen-bond donors (Lipinski definition) is 4. The summed E-state index contributed by atoms with van der Waals surface area (Å²) in [5.41, 5.74) is 1.74. The van der Waals surface area contributed by atoms with Crippen LogP contribution in [0.5, 0.6) is 0 Å². The molecule has 0 aliphatic heterocycles. The maximum Gasteiger partial charge on any atom is 0.407 e. The smallest absolute Gasteiger partial charge is 0.407 e. The van der Waals surface area contributed by atoms with Gasteiger partial charge in [0.05, 0.1) is 18.8 Å². The second-order valence-electron chi connectivity index (χ2n) is 9.73. The molecule has 0 heterocycles. The van der Waals surface area contributed by atoms with Gasteiger partial charge in [-0.2, -0.15) is 0 Å². The second kappa shape index (κ2) is 10.5. The van der Waals surface area contributed by atoms with Crippen molar-refractivity contribution in [1.82, 2.24) is 10.6 Å². The van der Waals surface area contributed by atoms with Gasteiger partial charge in [-0.25, -0.2) is 9.59 Å². The lowest BCUT2D eigenvalue weighted by Gasteiger charge is -2.29. The number of alkyl carbamates (subject to hydrolysis) is 1. The van der Waals surface area contributed by atoms with Crippen molar-refractivity contribution in [1.29, 1.82) is 0 Å². The number of ether oxygens (including phenoxy) is 2. The molecule has 188 valence electrons. The van der Waals surface area contributed by atoms with Crippen LogP contribution in [0.1, 0.15) is 44.7 Å². The minimum atomic E-state index is -1.92. The first-order valence-electron chi connectivity index (χ1n) is 11.4. The summed E-state index contributed by atoms with van der Waals surface area (Å²) in [7, 11) is 0. The Bertz CT molecular complexity index is 1050. The number of carboxylic acid groups (broad SMARTS) is 1. The zero-order valence-electron chi connectivity index (χ0n) is 20.3. The number of hydrogen-bond acceptors (Lipinski definition) is 6. The topological polar surface area (TPSA) is 134 Å². The van der Waals surface area contributed by atoms with Crippen molar-refractivity contribution in [2.24, 2.45) is 0 Å². The Labute approximate surface area is 204 Å². The number of carboxylic acids is 1. The molecule has 0 fully saturated rings. The molecule has 4 N–H and O–H groups in total. The normalized spacial score (nSPS) is 15.3. The first-order valence-corrected chi connectivity index (χ1v) is 11.4. The summed E-state index contributed by atoms with van der Waals surface area (Å²) < 4.78 is 11.2. The standard InChI is InChI=1S/C26H32N2O7/c1-25(2,3)35-14-21(22(30)28-26(4,15-29)23(31)32)27-24(33)34-13-20-18-11-7-5-9-16(18)17-10-6-8-12-19(17)20/h5-12,20-21,29H,13-15H2,1-4H3,(H,27,33)(H,28,30)(H,31,32)/t21-,26?/m0/s1. The highest BCUT2D eigenvalue weighted by atomic mass is 16.5. The number of amides is 2. The third kappa shape index (κ3) is 6.17. The van der Waals surface area contributed by atoms with Gasteiger partial charge in [0.15, 0.2) is 5.54 Å². The maximum absolute atomic E-state index is 12.8. The first-order chi connectivity index (χ1) is 16.4. The Morgan fingerprint density at radius 3 is 2.00 bits per heavy atom. The van der Waals surface area contributed by atoms with E-state index >= 15 is 0 Å². The zero-order chi connectivity index (χ0) is 25.8. The SMILES string of the molecule is CC(C)(C)OC[C@H](NC(=O)OCC1c2ccccc2-c2ccccc21)C(=O)NC(C)(CO)C(=O)O. The monoisotopic (exact) mass is 484 g/mol. The van der Waals surface area contributed by atoms with Crippen molar-refractivity contribution in [3.8, 4) is 11.1 Å². The predicted octanol–water partition coefficient (Wildman–Crippen LogP) is 2.66. The zero-order valence-corrected chi connectivity index (χ0v) is 20.3. The Morgan fingerprint density at radius 2 is 1.51 bits per heavy atom. The molecule has 0 aromatic heterocycles. The van der Waals surface area contributed by atoms with Crippen molar-refractivity contribution in [2.75, 3.05) is 19.8 Å². The lowest BCUT2D eigenvalue weighted by atomic mass is 9.98. The van der Waals surface area contributed by atoms with Crippen LogP contribution in [-0.2, 0) is 19.1 Å². The van der Waals surface area contributed by atoms with Gasteiger partial charge in [0.25, 0.3) is 0 Å². The molecule has 2 aromatic carbocycles. The van der Waals surface area contributed by atoms with E-state index in [1.165, 1.54) is 6.92 Å². The van der Waals surface area contributed by atoms with Gasteiger partial charge >= 0.3 is 12.1 Å². The molecule has 1 aliphatic carbocycles. The van der Waals surface area contributed by atoms with E-state index in [2.05, 4.69) is 10.6 Å². The van der Waals surface area contributed by atoms with Gasteiger partial charge in [0, 0.05) is 5.92 Å². The number of nitrogens with one attached hydrogen (secondary N) is 2. The van der Waals surface area contributed by atoms with E-state index in [1.54, 1.807) is 20.8 Å². The number of carbonyl (C=O) groups is 3. The van der Waals surface area contributed by atoms with Crippen LogP contribution in [0, 0.1) is 0 Å². The summed E-state index contributed by atoms with van der Waals surface area (Å²) in [4.78, 5) is 37.0. The Hall–Kier alpha value is -3.43. The Morgan fingerprint density at radius 1 is 0.971 bits per heavy atom. The van der Waals surface area contributed by atoms with E-state index < -0.39 is 41.8 Å². The minimum Gasteiger partial charge on any atom is -0.479 e. The highest BCUT2D eigenvalue weighted by Crippen LogP contribution is 2.44. The molecular weight excluding hydrogens is 452 g/mol. The fraction of sp³-hybridized carbons (Fsp3) is 0.423. The van der Waals surface area contributed by atoms with Gasteiger partial charge in [-0.1, -0.05) is 48.5 Å². The molecule has 2 aromatic rings. The van der Waals surface area contributed by atoms with E-state index in [0.717, 1.165) is 22.3 Å². The molecule has 1 aliphatic rings. The molecular formula is C26H32N2O7. The van der Waals surface area contributed by atoms with Crippen LogP contribution in [0.25, 0.3) is 11.1 Å². The van der Waals surface area contributed by atoms with Gasteiger partial charge in [0.1, 0.15) is 12.6 Å². The number of fused-ring (bicyclic) bond motifs is 3. The van der Waals surface area contributed by atoms with E-state index in [4.69, 9.17) is 9.47 Å². The fourth-order valence-corrected chi connectivity index (χ4v) is 3.82. The minimum absolute atomic E-state index is 0.0534. The molecule has 0 radical (unpaired) electrons. The molecule has 0 spiro atoms. The molecule has 0 saturated carbocycles.